The lowest BCUT2D eigenvalue weighted by molar-refractivity contribution is 0.0485. The largest absolute Gasteiger partial charge is 0.462 e. The highest BCUT2D eigenvalue weighted by Crippen LogP contribution is 2.29. The van der Waals surface area contributed by atoms with Crippen molar-refractivity contribution in [2.75, 3.05) is 19.8 Å². The Morgan fingerprint density at radius 1 is 0.412 bits per heavy atom. The summed E-state index contributed by atoms with van der Waals surface area (Å²) in [5.41, 5.74) is 6.64. The number of ether oxygens (including phenoxy) is 3. The molecule has 0 atom stereocenters. The van der Waals surface area contributed by atoms with Crippen LogP contribution in [0.1, 0.15) is 88.9 Å². The van der Waals surface area contributed by atoms with Crippen LogP contribution in [-0.2, 0) is 14.2 Å². The summed E-state index contributed by atoms with van der Waals surface area (Å²) in [4.78, 5) is 38.7. The first-order valence-electron chi connectivity index (χ1n) is 17.7. The third kappa shape index (κ3) is 12.1. The van der Waals surface area contributed by atoms with E-state index in [1.165, 1.54) is 0 Å². The molecule has 4 aromatic carbocycles. The van der Waals surface area contributed by atoms with E-state index in [4.69, 9.17) is 14.2 Å². The van der Waals surface area contributed by atoms with Crippen LogP contribution in [0, 0.1) is 0 Å². The molecule has 6 heteroatoms. The van der Waals surface area contributed by atoms with Crippen LogP contribution in [0.3, 0.4) is 0 Å². The van der Waals surface area contributed by atoms with Crippen LogP contribution in [0.25, 0.3) is 33.4 Å². The van der Waals surface area contributed by atoms with Crippen molar-refractivity contribution in [1.29, 1.82) is 0 Å². The van der Waals surface area contributed by atoms with Crippen LogP contribution < -0.4 is 0 Å². The molecule has 0 unspecified atom stereocenters. The molecule has 0 spiro atoms. The molecule has 0 radical (unpaired) electrons. The molecule has 0 amide bonds. The number of benzene rings is 4. The van der Waals surface area contributed by atoms with E-state index in [0.29, 0.717) is 42.1 Å². The molecule has 4 aromatic rings. The molecule has 0 aliphatic heterocycles. The maximum Gasteiger partial charge on any atom is 0.338 e. The van der Waals surface area contributed by atoms with Gasteiger partial charge in [-0.05, 0) is 121 Å². The van der Waals surface area contributed by atoms with Gasteiger partial charge in [-0.15, -0.1) is 19.7 Å². The summed E-state index contributed by atoms with van der Waals surface area (Å²) in [6.07, 6.45) is 13.2. The van der Waals surface area contributed by atoms with Gasteiger partial charge in [0.25, 0.3) is 0 Å². The molecule has 0 heterocycles. The van der Waals surface area contributed by atoms with Gasteiger partial charge in [-0.3, -0.25) is 0 Å². The number of hydrogen-bond acceptors (Lipinski definition) is 6. The van der Waals surface area contributed by atoms with Crippen LogP contribution in [0.15, 0.2) is 129 Å². The van der Waals surface area contributed by atoms with Crippen LogP contribution in [0.5, 0.6) is 0 Å². The van der Waals surface area contributed by atoms with Crippen LogP contribution >= 0.6 is 0 Å². The lowest BCUT2D eigenvalue weighted by atomic mass is 9.96. The van der Waals surface area contributed by atoms with Gasteiger partial charge in [0.2, 0.25) is 0 Å². The highest BCUT2D eigenvalue weighted by atomic mass is 16.5. The third-order valence-corrected chi connectivity index (χ3v) is 8.38. The first kappa shape index (κ1) is 38.3. The van der Waals surface area contributed by atoms with Crippen molar-refractivity contribution in [2.45, 2.75) is 57.8 Å². The van der Waals surface area contributed by atoms with E-state index in [-0.39, 0.29) is 5.97 Å². The van der Waals surface area contributed by atoms with Gasteiger partial charge in [0.05, 0.1) is 36.5 Å². The number of carbonyl (C=O) groups is 3. The second-order valence-corrected chi connectivity index (χ2v) is 12.3. The molecule has 264 valence electrons. The monoisotopic (exact) mass is 684 g/mol. The van der Waals surface area contributed by atoms with Crippen LogP contribution in [0.4, 0.5) is 0 Å². The number of rotatable bonds is 21. The van der Waals surface area contributed by atoms with E-state index in [1.807, 2.05) is 85.0 Å². The quantitative estimate of drug-likeness (QED) is 0.0376. The van der Waals surface area contributed by atoms with E-state index in [2.05, 4.69) is 19.7 Å². The minimum atomic E-state index is -0.478. The Morgan fingerprint density at radius 2 is 0.765 bits per heavy atom. The van der Waals surface area contributed by atoms with E-state index < -0.39 is 11.9 Å². The molecule has 0 fully saturated rings. The summed E-state index contributed by atoms with van der Waals surface area (Å²) in [6, 6.07) is 28.6. The van der Waals surface area contributed by atoms with E-state index in [1.54, 1.807) is 24.3 Å². The molecule has 6 nitrogen and oxygen atoms in total. The SMILES string of the molecule is C=CCCCCOC(=O)c1cccc(-c2ccc(-c3ccc(-c4cc(C(=O)OCCCCC=C)cc(C(=O)OCCCCC=C)c4)cc3)cc2)c1. The minimum Gasteiger partial charge on any atom is -0.462 e. The molecule has 0 aliphatic carbocycles. The van der Waals surface area contributed by atoms with Crippen molar-refractivity contribution in [1.82, 2.24) is 0 Å². The minimum absolute atomic E-state index is 0.294. The smallest absolute Gasteiger partial charge is 0.338 e. The third-order valence-electron chi connectivity index (χ3n) is 8.38. The van der Waals surface area contributed by atoms with Crippen LogP contribution in [0.2, 0.25) is 0 Å². The first-order valence-corrected chi connectivity index (χ1v) is 17.7. The Balaban J connectivity index is 1.48. The number of esters is 3. The second kappa shape index (κ2) is 20.9. The fraction of sp³-hybridized carbons (Fsp3) is 0.267. The Kier molecular flexibility index (Phi) is 15.7. The van der Waals surface area contributed by atoms with Gasteiger partial charge in [0, 0.05) is 0 Å². The summed E-state index contributed by atoms with van der Waals surface area (Å²) in [7, 11) is 0. The fourth-order valence-corrected chi connectivity index (χ4v) is 5.48. The van der Waals surface area contributed by atoms with E-state index >= 15 is 0 Å². The summed E-state index contributed by atoms with van der Waals surface area (Å²) < 4.78 is 16.5. The summed E-state index contributed by atoms with van der Waals surface area (Å²) >= 11 is 0. The van der Waals surface area contributed by atoms with E-state index in [9.17, 15) is 14.4 Å². The average Bonchev–Trinajstić information content (AvgIpc) is 3.17. The van der Waals surface area contributed by atoms with Crippen molar-refractivity contribution in [3.05, 3.63) is 146 Å². The maximum atomic E-state index is 13.0. The predicted molar refractivity (Wildman–Crippen MR) is 206 cm³/mol. The molecule has 0 aliphatic rings. The molecule has 51 heavy (non-hydrogen) atoms. The lowest BCUT2D eigenvalue weighted by Crippen LogP contribution is -2.11. The van der Waals surface area contributed by atoms with Gasteiger partial charge < -0.3 is 14.2 Å². The molecule has 4 rings (SSSR count). The molecule has 0 N–H and O–H groups in total. The maximum absolute atomic E-state index is 13.0. The Bertz CT molecular complexity index is 1720. The van der Waals surface area contributed by atoms with Gasteiger partial charge in [-0.2, -0.15) is 0 Å². The highest BCUT2D eigenvalue weighted by Gasteiger charge is 2.17. The van der Waals surface area contributed by atoms with Crippen molar-refractivity contribution < 1.29 is 28.6 Å². The fourth-order valence-electron chi connectivity index (χ4n) is 5.48. The van der Waals surface area contributed by atoms with Gasteiger partial charge in [0.1, 0.15) is 0 Å². The Morgan fingerprint density at radius 3 is 1.18 bits per heavy atom. The van der Waals surface area contributed by atoms with Gasteiger partial charge >= 0.3 is 17.9 Å². The molecular weight excluding hydrogens is 636 g/mol. The standard InChI is InChI=1S/C45H48O6/c1-4-7-10-13-27-49-43(46)39-18-16-17-38(30-39)36-23-19-34(20-24-36)35-21-25-37(26-22-35)40-31-41(44(47)50-28-14-11-8-5-2)33-42(32-40)45(48)51-29-15-12-9-6-3/h4-6,16-26,30-33H,1-3,7-15,27-29H2. The Hall–Kier alpha value is -5.49. The molecular formula is C45H48O6. The second-order valence-electron chi connectivity index (χ2n) is 12.3. The molecule has 0 bridgehead atoms. The Labute approximate surface area is 302 Å². The zero-order chi connectivity index (χ0) is 36.3. The van der Waals surface area contributed by atoms with E-state index in [0.717, 1.165) is 85.6 Å². The van der Waals surface area contributed by atoms with Crippen molar-refractivity contribution in [2.24, 2.45) is 0 Å². The molecule has 0 aromatic heterocycles. The lowest BCUT2D eigenvalue weighted by Gasteiger charge is -2.12. The van der Waals surface area contributed by atoms with Crippen molar-refractivity contribution in [3.63, 3.8) is 0 Å². The van der Waals surface area contributed by atoms with Crippen LogP contribution in [-0.4, -0.2) is 37.7 Å². The molecule has 0 saturated heterocycles. The average molecular weight is 685 g/mol. The number of unbranched alkanes of at least 4 members (excludes halogenated alkanes) is 6. The number of allylic oxidation sites excluding steroid dienone is 3. The topological polar surface area (TPSA) is 78.9 Å². The summed E-state index contributed by atoms with van der Waals surface area (Å²) in [5.74, 6) is -1.28. The van der Waals surface area contributed by atoms with Crippen molar-refractivity contribution >= 4 is 17.9 Å². The van der Waals surface area contributed by atoms with Gasteiger partial charge in [-0.1, -0.05) is 78.9 Å². The normalized spacial score (nSPS) is 10.6. The zero-order valence-electron chi connectivity index (χ0n) is 29.4. The van der Waals surface area contributed by atoms with Gasteiger partial charge in [-0.25, -0.2) is 14.4 Å². The number of hydrogen-bond donors (Lipinski definition) is 0. The van der Waals surface area contributed by atoms with Crippen molar-refractivity contribution in [3.8, 4) is 33.4 Å². The zero-order valence-corrected chi connectivity index (χ0v) is 29.4. The number of carbonyl (C=O) groups excluding carboxylic acids is 3. The molecule has 0 saturated carbocycles. The predicted octanol–water partition coefficient (Wildman–Crippen LogP) is 11.2. The summed E-state index contributed by atoms with van der Waals surface area (Å²) in [6.45, 7) is 12.2. The summed E-state index contributed by atoms with van der Waals surface area (Å²) in [5, 5.41) is 0. The first-order chi connectivity index (χ1) is 24.9. The highest BCUT2D eigenvalue weighted by molar-refractivity contribution is 5.97. The van der Waals surface area contributed by atoms with Gasteiger partial charge in [0.15, 0.2) is 0 Å².